The van der Waals surface area contributed by atoms with E-state index >= 15 is 0 Å². The van der Waals surface area contributed by atoms with Crippen LogP contribution in [0, 0.1) is 0 Å². The number of carbonyl (C=O) groups excluding carboxylic acids is 1. The number of hydrogen-bond donors (Lipinski definition) is 3. The smallest absolute Gasteiger partial charge is 0.334 e. The fourth-order valence-electron chi connectivity index (χ4n) is 2.71. The summed E-state index contributed by atoms with van der Waals surface area (Å²) in [6.45, 7) is 1.66. The van der Waals surface area contributed by atoms with Gasteiger partial charge in [-0.2, -0.15) is 13.2 Å². The van der Waals surface area contributed by atoms with Gasteiger partial charge in [-0.25, -0.2) is 9.78 Å². The van der Waals surface area contributed by atoms with Crippen LogP contribution in [0.25, 0.3) is 11.3 Å². The van der Waals surface area contributed by atoms with Crippen LogP contribution in [-0.2, 0) is 6.18 Å². The van der Waals surface area contributed by atoms with E-state index in [4.69, 9.17) is 0 Å². The maximum atomic E-state index is 12.6. The van der Waals surface area contributed by atoms with Crippen molar-refractivity contribution >= 4 is 11.8 Å². The van der Waals surface area contributed by atoms with Gasteiger partial charge in [0.15, 0.2) is 5.82 Å². The van der Waals surface area contributed by atoms with Crippen molar-refractivity contribution in [1.29, 1.82) is 0 Å². The molecule has 26 heavy (non-hydrogen) atoms. The molecule has 0 bridgehead atoms. The molecule has 0 radical (unpaired) electrons. The van der Waals surface area contributed by atoms with Gasteiger partial charge in [0.05, 0.1) is 23.7 Å². The maximum Gasteiger partial charge on any atom is 0.416 e. The Balaban J connectivity index is 1.67. The minimum atomic E-state index is -4.39. The van der Waals surface area contributed by atoms with E-state index in [1.54, 1.807) is 0 Å². The van der Waals surface area contributed by atoms with Crippen molar-refractivity contribution < 1.29 is 18.0 Å². The molecule has 3 N–H and O–H groups in total. The van der Waals surface area contributed by atoms with Crippen LogP contribution in [0.3, 0.4) is 0 Å². The Bertz CT molecular complexity index is 758. The molecule has 138 valence electrons. The number of rotatable bonds is 3. The fraction of sp³-hybridized carbons (Fsp3) is 0.353. The fourth-order valence-corrected chi connectivity index (χ4v) is 2.71. The van der Waals surface area contributed by atoms with Crippen LogP contribution < -0.4 is 16.0 Å². The Hall–Kier alpha value is -2.68. The summed E-state index contributed by atoms with van der Waals surface area (Å²) in [6, 6.07) is 4.28. The van der Waals surface area contributed by atoms with Crippen molar-refractivity contribution in [3.05, 3.63) is 42.2 Å². The highest BCUT2D eigenvalue weighted by Crippen LogP contribution is 2.30. The summed E-state index contributed by atoms with van der Waals surface area (Å²) in [6.07, 6.45) is 0.314. The first-order valence-electron chi connectivity index (χ1n) is 8.20. The molecule has 2 heterocycles. The van der Waals surface area contributed by atoms with Crippen LogP contribution in [0.15, 0.2) is 36.7 Å². The molecule has 1 fully saturated rings. The number of halogens is 3. The molecule has 6 nitrogen and oxygen atoms in total. The maximum absolute atomic E-state index is 12.6. The minimum absolute atomic E-state index is 0.0507. The third-order valence-electron chi connectivity index (χ3n) is 4.02. The molecule has 1 aliphatic rings. The number of piperidine rings is 1. The number of nitrogens with zero attached hydrogens (tertiary/aromatic N) is 2. The number of alkyl halides is 3. The lowest BCUT2D eigenvalue weighted by atomic mass is 10.1. The molecule has 0 spiro atoms. The van der Waals surface area contributed by atoms with Gasteiger partial charge in [0.25, 0.3) is 0 Å². The van der Waals surface area contributed by atoms with Gasteiger partial charge in [-0.15, -0.1) is 0 Å². The number of carbonyl (C=O) groups is 1. The number of aromatic nitrogens is 2. The largest absolute Gasteiger partial charge is 0.416 e. The summed E-state index contributed by atoms with van der Waals surface area (Å²) in [5, 5.41) is 8.65. The molecule has 0 saturated carbocycles. The van der Waals surface area contributed by atoms with Crippen LogP contribution >= 0.6 is 0 Å². The number of nitrogens with one attached hydrogen (secondary N) is 3. The lowest BCUT2D eigenvalue weighted by Gasteiger charge is -2.23. The standard InChI is InChI=1S/C17H18F3N5O/c18-17(19,20)12-5-3-11(4-6-12)14-9-22-10-15(24-14)25-16(26)23-13-2-1-7-21-8-13/h3-6,9-10,13,21H,1-2,7-8H2,(H2,23,24,25,26). The first-order chi connectivity index (χ1) is 12.4. The Kier molecular flexibility index (Phi) is 5.36. The van der Waals surface area contributed by atoms with E-state index in [2.05, 4.69) is 25.9 Å². The molecule has 2 aromatic rings. The van der Waals surface area contributed by atoms with Crippen LogP contribution in [0.1, 0.15) is 18.4 Å². The normalized spacial score (nSPS) is 17.6. The molecule has 1 saturated heterocycles. The van der Waals surface area contributed by atoms with Gasteiger partial charge >= 0.3 is 12.2 Å². The highest BCUT2D eigenvalue weighted by Gasteiger charge is 2.30. The van der Waals surface area contributed by atoms with E-state index in [1.807, 2.05) is 0 Å². The second-order valence-electron chi connectivity index (χ2n) is 6.01. The van der Waals surface area contributed by atoms with Crippen molar-refractivity contribution in [2.75, 3.05) is 18.4 Å². The summed E-state index contributed by atoms with van der Waals surface area (Å²) in [5.74, 6) is 0.226. The van der Waals surface area contributed by atoms with Gasteiger partial charge in [0.1, 0.15) is 0 Å². The first-order valence-corrected chi connectivity index (χ1v) is 8.20. The van der Waals surface area contributed by atoms with Crippen molar-refractivity contribution in [3.8, 4) is 11.3 Å². The number of benzene rings is 1. The molecule has 9 heteroatoms. The second kappa shape index (κ2) is 7.69. The molecular formula is C17H18F3N5O. The zero-order valence-corrected chi connectivity index (χ0v) is 13.8. The molecule has 1 unspecified atom stereocenters. The van der Waals surface area contributed by atoms with E-state index in [0.717, 1.165) is 31.5 Å². The average molecular weight is 365 g/mol. The third-order valence-corrected chi connectivity index (χ3v) is 4.02. The Labute approximate surface area is 148 Å². The van der Waals surface area contributed by atoms with Crippen LogP contribution in [0.2, 0.25) is 0 Å². The van der Waals surface area contributed by atoms with Crippen molar-refractivity contribution in [1.82, 2.24) is 20.6 Å². The lowest BCUT2D eigenvalue weighted by Crippen LogP contribution is -2.47. The Morgan fingerprint density at radius 3 is 2.62 bits per heavy atom. The first kappa shape index (κ1) is 18.1. The molecule has 2 amide bonds. The summed E-state index contributed by atoms with van der Waals surface area (Å²) < 4.78 is 37.9. The molecule has 1 aliphatic heterocycles. The van der Waals surface area contributed by atoms with Crippen LogP contribution in [0.5, 0.6) is 0 Å². The SMILES string of the molecule is O=C(Nc1cncc(-c2ccc(C(F)(F)F)cc2)n1)NC1CCCNC1. The van der Waals surface area contributed by atoms with Crippen LogP contribution in [-0.4, -0.2) is 35.1 Å². The van der Waals surface area contributed by atoms with Crippen molar-refractivity contribution in [2.24, 2.45) is 0 Å². The zero-order valence-electron chi connectivity index (χ0n) is 13.8. The molecule has 3 rings (SSSR count). The number of amides is 2. The van der Waals surface area contributed by atoms with Gasteiger partial charge in [0.2, 0.25) is 0 Å². The second-order valence-corrected chi connectivity index (χ2v) is 6.01. The van der Waals surface area contributed by atoms with Gasteiger partial charge < -0.3 is 10.6 Å². The van der Waals surface area contributed by atoms with E-state index in [0.29, 0.717) is 17.8 Å². The Morgan fingerprint density at radius 1 is 1.19 bits per heavy atom. The average Bonchev–Trinajstić information content (AvgIpc) is 2.62. The highest BCUT2D eigenvalue weighted by atomic mass is 19.4. The number of anilines is 1. The predicted molar refractivity (Wildman–Crippen MR) is 90.5 cm³/mol. The number of hydrogen-bond acceptors (Lipinski definition) is 4. The molecule has 1 aromatic heterocycles. The van der Waals surface area contributed by atoms with Crippen LogP contribution in [0.4, 0.5) is 23.8 Å². The van der Waals surface area contributed by atoms with E-state index in [-0.39, 0.29) is 11.9 Å². The summed E-state index contributed by atoms with van der Waals surface area (Å²) in [4.78, 5) is 20.3. The topological polar surface area (TPSA) is 78.9 Å². The molecular weight excluding hydrogens is 347 g/mol. The van der Waals surface area contributed by atoms with Crippen molar-refractivity contribution in [3.63, 3.8) is 0 Å². The minimum Gasteiger partial charge on any atom is -0.334 e. The number of urea groups is 1. The summed E-state index contributed by atoms with van der Waals surface area (Å²) in [7, 11) is 0. The van der Waals surface area contributed by atoms with E-state index in [9.17, 15) is 18.0 Å². The van der Waals surface area contributed by atoms with E-state index in [1.165, 1.54) is 24.5 Å². The van der Waals surface area contributed by atoms with Gasteiger partial charge in [-0.05, 0) is 31.5 Å². The quantitative estimate of drug-likeness (QED) is 0.781. The molecule has 1 aromatic carbocycles. The lowest BCUT2D eigenvalue weighted by molar-refractivity contribution is -0.137. The zero-order chi connectivity index (χ0) is 18.6. The van der Waals surface area contributed by atoms with Gasteiger partial charge in [-0.1, -0.05) is 12.1 Å². The summed E-state index contributed by atoms with van der Waals surface area (Å²) >= 11 is 0. The predicted octanol–water partition coefficient (Wildman–Crippen LogP) is 3.04. The molecule has 1 atom stereocenters. The molecule has 0 aliphatic carbocycles. The van der Waals surface area contributed by atoms with E-state index < -0.39 is 17.8 Å². The third kappa shape index (κ3) is 4.69. The summed E-state index contributed by atoms with van der Waals surface area (Å²) in [5.41, 5.74) is 0.117. The van der Waals surface area contributed by atoms with Crippen molar-refractivity contribution in [2.45, 2.75) is 25.1 Å². The highest BCUT2D eigenvalue weighted by molar-refractivity contribution is 5.88. The van der Waals surface area contributed by atoms with Gasteiger partial charge in [0, 0.05) is 18.2 Å². The van der Waals surface area contributed by atoms with Gasteiger partial charge in [-0.3, -0.25) is 10.3 Å². The monoisotopic (exact) mass is 365 g/mol. The Morgan fingerprint density at radius 2 is 1.96 bits per heavy atom.